The van der Waals surface area contributed by atoms with Crippen LogP contribution in [-0.2, 0) is 14.4 Å². The number of fused-ring (bicyclic) bond motifs is 7. The minimum absolute atomic E-state index is 0.0655. The number of ether oxygens (including phenoxy) is 1. The molecule has 0 aromatic rings. The second-order valence-electron chi connectivity index (χ2n) is 9.90. The van der Waals surface area contributed by atoms with Crippen LogP contribution in [-0.4, -0.2) is 24.7 Å². The molecule has 27 heavy (non-hydrogen) atoms. The first kappa shape index (κ1) is 16.8. The minimum atomic E-state index is -0.705. The summed E-state index contributed by atoms with van der Waals surface area (Å²) >= 11 is 0. The van der Waals surface area contributed by atoms with Crippen LogP contribution in [0.2, 0.25) is 0 Å². The summed E-state index contributed by atoms with van der Waals surface area (Å²) < 4.78 is 5.80. The van der Waals surface area contributed by atoms with E-state index < -0.39 is 5.60 Å². The molecule has 5 aliphatic carbocycles. The van der Waals surface area contributed by atoms with E-state index in [1.807, 2.05) is 0 Å². The summed E-state index contributed by atoms with van der Waals surface area (Å²) in [6.07, 6.45) is 16.9. The Morgan fingerprint density at radius 3 is 3.00 bits per heavy atom. The normalized spacial score (nSPS) is 47.5. The molecule has 7 atom stereocenters. The first-order chi connectivity index (χ1) is 13.3. The van der Waals surface area contributed by atoms with Crippen molar-refractivity contribution < 1.29 is 14.4 Å². The van der Waals surface area contributed by atoms with Gasteiger partial charge in [0.1, 0.15) is 0 Å². The highest BCUT2D eigenvalue weighted by Crippen LogP contribution is 2.62. The Hall–Kier alpha value is -1.13. The summed E-state index contributed by atoms with van der Waals surface area (Å²) in [5.74, 6) is 3.97. The molecular formula is C23H31NO3. The second kappa shape index (κ2) is 6.18. The van der Waals surface area contributed by atoms with Crippen LogP contribution < -0.4 is 5.48 Å². The van der Waals surface area contributed by atoms with Crippen molar-refractivity contribution >= 4 is 5.97 Å². The SMILES string of the molecule is O=C(OCC1CC1)C12ONCC1CC1C3CCC4=CCC=CC4C3CCC12. The Kier molecular flexibility index (Phi) is 3.85. The molecule has 0 aromatic carbocycles. The third-order valence-corrected chi connectivity index (χ3v) is 8.69. The van der Waals surface area contributed by atoms with E-state index in [-0.39, 0.29) is 11.9 Å². The number of hydrogen-bond acceptors (Lipinski definition) is 4. The van der Waals surface area contributed by atoms with E-state index in [9.17, 15) is 4.79 Å². The molecule has 4 nitrogen and oxygen atoms in total. The molecule has 146 valence electrons. The lowest BCUT2D eigenvalue weighted by atomic mass is 9.56. The quantitative estimate of drug-likeness (QED) is 0.607. The van der Waals surface area contributed by atoms with Crippen LogP contribution in [0.1, 0.15) is 51.4 Å². The first-order valence-electron chi connectivity index (χ1n) is 11.2. The molecule has 1 aliphatic heterocycles. The Labute approximate surface area is 161 Å². The van der Waals surface area contributed by atoms with E-state index in [0.29, 0.717) is 30.3 Å². The maximum absolute atomic E-state index is 13.2. The average molecular weight is 370 g/mol. The molecule has 0 spiro atoms. The molecule has 0 bridgehead atoms. The van der Waals surface area contributed by atoms with Crippen molar-refractivity contribution in [3.05, 3.63) is 23.8 Å². The highest BCUT2D eigenvalue weighted by molar-refractivity contribution is 5.81. The van der Waals surface area contributed by atoms with Crippen LogP contribution in [0, 0.1) is 41.4 Å². The average Bonchev–Trinajstić information content (AvgIpc) is 3.34. The molecule has 0 radical (unpaired) electrons. The van der Waals surface area contributed by atoms with Crippen molar-refractivity contribution in [2.24, 2.45) is 41.4 Å². The molecule has 7 unspecified atom stereocenters. The lowest BCUT2D eigenvalue weighted by molar-refractivity contribution is -0.187. The summed E-state index contributed by atoms with van der Waals surface area (Å²) in [7, 11) is 0. The summed E-state index contributed by atoms with van der Waals surface area (Å²) in [6.45, 7) is 1.40. The molecule has 1 saturated heterocycles. The van der Waals surface area contributed by atoms with Gasteiger partial charge < -0.3 is 4.74 Å². The predicted octanol–water partition coefficient (Wildman–Crippen LogP) is 3.79. The van der Waals surface area contributed by atoms with Gasteiger partial charge >= 0.3 is 5.97 Å². The zero-order valence-electron chi connectivity index (χ0n) is 16.1. The molecule has 6 rings (SSSR count). The first-order valence-corrected chi connectivity index (χ1v) is 11.2. The number of nitrogens with one attached hydrogen (secondary N) is 1. The van der Waals surface area contributed by atoms with E-state index in [2.05, 4.69) is 23.7 Å². The van der Waals surface area contributed by atoms with Gasteiger partial charge in [0.05, 0.1) is 6.61 Å². The number of allylic oxidation sites excluding steroid dienone is 4. The zero-order chi connectivity index (χ0) is 18.0. The predicted molar refractivity (Wildman–Crippen MR) is 101 cm³/mol. The molecular weight excluding hydrogens is 338 g/mol. The summed E-state index contributed by atoms with van der Waals surface area (Å²) in [4.78, 5) is 19.3. The van der Waals surface area contributed by atoms with Crippen LogP contribution in [0.15, 0.2) is 23.8 Å². The van der Waals surface area contributed by atoms with Gasteiger partial charge in [-0.25, -0.2) is 10.3 Å². The van der Waals surface area contributed by atoms with Gasteiger partial charge in [-0.2, -0.15) is 0 Å². The van der Waals surface area contributed by atoms with Crippen molar-refractivity contribution in [2.75, 3.05) is 13.2 Å². The van der Waals surface area contributed by atoms with Crippen LogP contribution in [0.25, 0.3) is 0 Å². The lowest BCUT2D eigenvalue weighted by Gasteiger charge is -2.49. The van der Waals surface area contributed by atoms with E-state index in [4.69, 9.17) is 9.57 Å². The van der Waals surface area contributed by atoms with Crippen LogP contribution >= 0.6 is 0 Å². The van der Waals surface area contributed by atoms with Crippen LogP contribution in [0.4, 0.5) is 0 Å². The summed E-state index contributed by atoms with van der Waals surface area (Å²) in [6, 6.07) is 0. The maximum Gasteiger partial charge on any atom is 0.341 e. The van der Waals surface area contributed by atoms with Gasteiger partial charge in [-0.15, -0.1) is 0 Å². The minimum Gasteiger partial charge on any atom is -0.463 e. The van der Waals surface area contributed by atoms with Gasteiger partial charge in [-0.1, -0.05) is 23.8 Å². The number of hydroxylamine groups is 1. The van der Waals surface area contributed by atoms with Gasteiger partial charge in [0.25, 0.3) is 0 Å². The molecule has 1 heterocycles. The number of carbonyl (C=O) groups is 1. The topological polar surface area (TPSA) is 47.6 Å². The third kappa shape index (κ3) is 2.45. The summed E-state index contributed by atoms with van der Waals surface area (Å²) in [5, 5.41) is 0. The van der Waals surface area contributed by atoms with Gasteiger partial charge in [-0.05, 0) is 75.0 Å². The molecule has 4 heteroatoms. The molecule has 0 aromatic heterocycles. The Morgan fingerprint density at radius 2 is 2.11 bits per heavy atom. The fraction of sp³-hybridized carbons (Fsp3) is 0.783. The standard InChI is InChI=1S/C23H31NO3/c25-22(26-13-14-5-6-14)23-16(12-24-27-23)11-20-19-8-7-15-3-1-2-4-17(15)18(19)9-10-21(20)23/h2-4,14,16-21,24H,1,5-13H2. The van der Waals surface area contributed by atoms with Gasteiger partial charge in [0.15, 0.2) is 5.60 Å². The fourth-order valence-electron chi connectivity index (χ4n) is 7.30. The van der Waals surface area contributed by atoms with Gasteiger partial charge in [0.2, 0.25) is 0 Å². The molecule has 5 fully saturated rings. The van der Waals surface area contributed by atoms with Crippen molar-refractivity contribution in [3.63, 3.8) is 0 Å². The van der Waals surface area contributed by atoms with Crippen LogP contribution in [0.3, 0.4) is 0 Å². The van der Waals surface area contributed by atoms with Crippen molar-refractivity contribution in [1.29, 1.82) is 0 Å². The lowest BCUT2D eigenvalue weighted by Crippen LogP contribution is -2.52. The van der Waals surface area contributed by atoms with E-state index >= 15 is 0 Å². The molecule has 0 amide bonds. The van der Waals surface area contributed by atoms with Crippen LogP contribution in [0.5, 0.6) is 0 Å². The van der Waals surface area contributed by atoms with E-state index in [1.165, 1.54) is 32.1 Å². The Bertz CT molecular complexity index is 696. The zero-order valence-corrected chi connectivity index (χ0v) is 16.1. The third-order valence-electron chi connectivity index (χ3n) is 8.69. The molecule has 1 N–H and O–H groups in total. The smallest absolute Gasteiger partial charge is 0.341 e. The number of hydrogen-bond donors (Lipinski definition) is 1. The Balaban J connectivity index is 1.27. The highest BCUT2D eigenvalue weighted by Gasteiger charge is 2.67. The van der Waals surface area contributed by atoms with Gasteiger partial charge in [-0.3, -0.25) is 4.84 Å². The molecule has 4 saturated carbocycles. The summed E-state index contributed by atoms with van der Waals surface area (Å²) in [5.41, 5.74) is 4.06. The number of rotatable bonds is 3. The van der Waals surface area contributed by atoms with Crippen molar-refractivity contribution in [3.8, 4) is 0 Å². The molecule has 6 aliphatic rings. The maximum atomic E-state index is 13.2. The Morgan fingerprint density at radius 1 is 1.19 bits per heavy atom. The highest BCUT2D eigenvalue weighted by atomic mass is 16.7. The van der Waals surface area contributed by atoms with Gasteiger partial charge in [0, 0.05) is 24.3 Å². The van der Waals surface area contributed by atoms with Crippen molar-refractivity contribution in [1.82, 2.24) is 5.48 Å². The van der Waals surface area contributed by atoms with E-state index in [1.54, 1.807) is 5.57 Å². The largest absolute Gasteiger partial charge is 0.463 e. The monoisotopic (exact) mass is 369 g/mol. The second-order valence-corrected chi connectivity index (χ2v) is 9.90. The number of carbonyl (C=O) groups excluding carboxylic acids is 1. The fourth-order valence-corrected chi connectivity index (χ4v) is 7.30. The van der Waals surface area contributed by atoms with Crippen molar-refractivity contribution in [2.45, 2.75) is 57.0 Å². The van der Waals surface area contributed by atoms with E-state index in [0.717, 1.165) is 37.6 Å². The number of esters is 1.